The number of halogens is 3. The van der Waals surface area contributed by atoms with E-state index >= 15 is 0 Å². The van der Waals surface area contributed by atoms with Crippen LogP contribution in [0.4, 0.5) is 8.78 Å². The molecule has 1 aliphatic rings. The monoisotopic (exact) mass is 360 g/mol. The summed E-state index contributed by atoms with van der Waals surface area (Å²) in [6, 6.07) is 2.20. The summed E-state index contributed by atoms with van der Waals surface area (Å²) in [5.74, 6) is -0.436. The second-order valence-electron chi connectivity index (χ2n) is 7.21. The summed E-state index contributed by atoms with van der Waals surface area (Å²) in [5, 5.41) is 10.4. The average Bonchev–Trinajstić information content (AvgIpc) is 2.41. The van der Waals surface area contributed by atoms with Gasteiger partial charge in [-0.3, -0.25) is 0 Å². The largest absolute Gasteiger partial charge is 0.388 e. The van der Waals surface area contributed by atoms with Crippen molar-refractivity contribution in [3.63, 3.8) is 0 Å². The predicted octanol–water partition coefficient (Wildman–Crippen LogP) is 5.61. The maximum atomic E-state index is 13.9. The summed E-state index contributed by atoms with van der Waals surface area (Å²) in [7, 11) is 0. The Kier molecular flexibility index (Phi) is 5.09. The highest BCUT2D eigenvalue weighted by atomic mass is 79.9. The van der Waals surface area contributed by atoms with E-state index in [4.69, 9.17) is 0 Å². The van der Waals surface area contributed by atoms with Gasteiger partial charge in [-0.15, -0.1) is 0 Å². The van der Waals surface area contributed by atoms with Gasteiger partial charge in [-0.1, -0.05) is 20.8 Å². The number of hydrogen-bond acceptors (Lipinski definition) is 1. The fraction of sp³-hybridized carbons (Fsp3) is 0.647. The van der Waals surface area contributed by atoms with Crippen LogP contribution in [-0.4, -0.2) is 5.11 Å². The van der Waals surface area contributed by atoms with Crippen LogP contribution in [0.3, 0.4) is 0 Å². The van der Waals surface area contributed by atoms with E-state index in [1.807, 2.05) is 0 Å². The van der Waals surface area contributed by atoms with Crippen LogP contribution in [0, 0.1) is 28.9 Å². The molecule has 1 atom stereocenters. The lowest BCUT2D eigenvalue weighted by Crippen LogP contribution is -2.28. The Labute approximate surface area is 133 Å². The third-order valence-electron chi connectivity index (χ3n) is 4.80. The van der Waals surface area contributed by atoms with E-state index in [-0.39, 0.29) is 21.4 Å². The molecule has 1 nitrogen and oxygen atoms in total. The Morgan fingerprint density at radius 1 is 1.10 bits per heavy atom. The number of aliphatic hydroxyl groups is 1. The first-order chi connectivity index (χ1) is 9.70. The Morgan fingerprint density at radius 2 is 1.67 bits per heavy atom. The molecular formula is C17H23BrF2O. The van der Waals surface area contributed by atoms with Crippen molar-refractivity contribution >= 4 is 15.9 Å². The molecule has 1 aromatic carbocycles. The van der Waals surface area contributed by atoms with Gasteiger partial charge in [0.1, 0.15) is 11.6 Å². The van der Waals surface area contributed by atoms with Gasteiger partial charge in [-0.05, 0) is 71.0 Å². The van der Waals surface area contributed by atoms with Crippen molar-refractivity contribution in [1.29, 1.82) is 0 Å². The molecule has 0 amide bonds. The van der Waals surface area contributed by atoms with Gasteiger partial charge in [0.2, 0.25) is 0 Å². The topological polar surface area (TPSA) is 20.2 Å². The third-order valence-corrected chi connectivity index (χ3v) is 5.41. The van der Waals surface area contributed by atoms with E-state index in [1.165, 1.54) is 0 Å². The van der Waals surface area contributed by atoms with Crippen molar-refractivity contribution in [3.8, 4) is 0 Å². The summed E-state index contributed by atoms with van der Waals surface area (Å²) in [5.41, 5.74) is 0.347. The highest BCUT2D eigenvalue weighted by molar-refractivity contribution is 9.10. The molecule has 21 heavy (non-hydrogen) atoms. The molecule has 1 unspecified atom stereocenters. The van der Waals surface area contributed by atoms with Crippen molar-refractivity contribution in [2.75, 3.05) is 0 Å². The van der Waals surface area contributed by atoms with Crippen LogP contribution >= 0.6 is 15.9 Å². The van der Waals surface area contributed by atoms with Crippen LogP contribution in [0.15, 0.2) is 16.6 Å². The number of benzene rings is 1. The lowest BCUT2D eigenvalue weighted by molar-refractivity contribution is 0.0504. The maximum Gasteiger partial charge on any atom is 0.137 e. The molecule has 1 aromatic rings. The molecule has 1 aliphatic carbocycles. The van der Waals surface area contributed by atoms with E-state index < -0.39 is 17.7 Å². The minimum absolute atomic E-state index is 0.0127. The number of hydrogen-bond donors (Lipinski definition) is 1. The van der Waals surface area contributed by atoms with E-state index in [0.29, 0.717) is 5.92 Å². The van der Waals surface area contributed by atoms with Crippen molar-refractivity contribution in [3.05, 3.63) is 33.8 Å². The molecule has 0 radical (unpaired) electrons. The van der Waals surface area contributed by atoms with Crippen LogP contribution < -0.4 is 0 Å². The smallest absolute Gasteiger partial charge is 0.137 e. The molecule has 0 aliphatic heterocycles. The lowest BCUT2D eigenvalue weighted by atomic mass is 9.68. The summed E-state index contributed by atoms with van der Waals surface area (Å²) in [6.07, 6.45) is 2.87. The Bertz CT molecular complexity index is 502. The van der Waals surface area contributed by atoms with Gasteiger partial charge in [0.05, 0.1) is 10.6 Å². The molecule has 0 saturated heterocycles. The fourth-order valence-electron chi connectivity index (χ4n) is 3.32. The molecule has 0 heterocycles. The highest BCUT2D eigenvalue weighted by Crippen LogP contribution is 2.44. The zero-order valence-electron chi connectivity index (χ0n) is 12.8. The average molecular weight is 361 g/mol. The van der Waals surface area contributed by atoms with Crippen molar-refractivity contribution in [2.45, 2.75) is 52.6 Å². The summed E-state index contributed by atoms with van der Waals surface area (Å²) in [4.78, 5) is 0. The number of rotatable bonds is 2. The van der Waals surface area contributed by atoms with Gasteiger partial charge in [-0.25, -0.2) is 8.78 Å². The van der Waals surface area contributed by atoms with Gasteiger partial charge in [-0.2, -0.15) is 0 Å². The molecule has 0 aromatic heterocycles. The van der Waals surface area contributed by atoms with Crippen LogP contribution in [0.5, 0.6) is 0 Å². The first-order valence-corrected chi connectivity index (χ1v) is 8.32. The molecule has 1 saturated carbocycles. The second-order valence-corrected chi connectivity index (χ2v) is 8.06. The minimum Gasteiger partial charge on any atom is -0.388 e. The van der Waals surface area contributed by atoms with Crippen LogP contribution in [0.25, 0.3) is 0 Å². The summed E-state index contributed by atoms with van der Waals surface area (Å²) in [6.45, 7) is 6.70. The van der Waals surface area contributed by atoms with Crippen LogP contribution in [0.1, 0.15) is 58.1 Å². The van der Waals surface area contributed by atoms with Crippen molar-refractivity contribution in [1.82, 2.24) is 0 Å². The Morgan fingerprint density at radius 3 is 2.19 bits per heavy atom. The first kappa shape index (κ1) is 16.9. The van der Waals surface area contributed by atoms with E-state index in [0.717, 1.165) is 37.8 Å². The summed E-state index contributed by atoms with van der Waals surface area (Å²) >= 11 is 2.96. The van der Waals surface area contributed by atoms with Gasteiger partial charge in [0.25, 0.3) is 0 Å². The van der Waals surface area contributed by atoms with Gasteiger partial charge in [0.15, 0.2) is 0 Å². The van der Waals surface area contributed by atoms with Gasteiger partial charge >= 0.3 is 0 Å². The molecule has 118 valence electrons. The summed E-state index contributed by atoms with van der Waals surface area (Å²) < 4.78 is 27.6. The molecular weight excluding hydrogens is 338 g/mol. The standard InChI is InChI=1S/C17H23BrF2O/c1-17(2,3)11-6-4-10(5-7-11)16(21)12-8-15(20)13(18)9-14(12)19/h8-11,16,21H,4-7H2,1-3H3. The Hall–Kier alpha value is -0.480. The van der Waals surface area contributed by atoms with Crippen LogP contribution in [-0.2, 0) is 0 Å². The molecule has 1 fully saturated rings. The van der Waals surface area contributed by atoms with Crippen LogP contribution in [0.2, 0.25) is 0 Å². The first-order valence-electron chi connectivity index (χ1n) is 7.52. The lowest BCUT2D eigenvalue weighted by Gasteiger charge is -2.38. The molecule has 1 N–H and O–H groups in total. The zero-order chi connectivity index (χ0) is 15.8. The molecule has 0 bridgehead atoms. The van der Waals surface area contributed by atoms with E-state index in [1.54, 1.807) is 0 Å². The van der Waals surface area contributed by atoms with Crippen molar-refractivity contribution in [2.24, 2.45) is 17.3 Å². The van der Waals surface area contributed by atoms with Gasteiger partial charge in [0, 0.05) is 5.56 Å². The number of aliphatic hydroxyl groups excluding tert-OH is 1. The normalized spacial score (nSPS) is 24.9. The van der Waals surface area contributed by atoms with Crippen molar-refractivity contribution < 1.29 is 13.9 Å². The molecule has 4 heteroatoms. The molecule has 0 spiro atoms. The van der Waals surface area contributed by atoms with E-state index in [2.05, 4.69) is 36.7 Å². The maximum absolute atomic E-state index is 13.9. The minimum atomic E-state index is -0.923. The SMILES string of the molecule is CC(C)(C)C1CCC(C(O)c2cc(F)c(Br)cc2F)CC1. The fourth-order valence-corrected chi connectivity index (χ4v) is 3.63. The molecule has 2 rings (SSSR count). The highest BCUT2D eigenvalue weighted by Gasteiger charge is 2.33. The van der Waals surface area contributed by atoms with Gasteiger partial charge < -0.3 is 5.11 Å². The Balaban J connectivity index is 2.09. The third kappa shape index (κ3) is 3.84. The zero-order valence-corrected chi connectivity index (χ0v) is 14.4. The van der Waals surface area contributed by atoms with E-state index in [9.17, 15) is 13.9 Å². The quantitative estimate of drug-likeness (QED) is 0.679. The second kappa shape index (κ2) is 6.33. The predicted molar refractivity (Wildman–Crippen MR) is 83.9 cm³/mol.